The van der Waals surface area contributed by atoms with Crippen LogP contribution < -0.4 is 5.32 Å². The Kier molecular flexibility index (Phi) is 4.19. The lowest BCUT2D eigenvalue weighted by Crippen LogP contribution is -2.34. The SMILES string of the molecule is CNc1ccc(CN2CC(C)C(N(C)C)C2)cn1. The molecule has 0 amide bonds. The van der Waals surface area contributed by atoms with Crippen LogP contribution in [0.3, 0.4) is 0 Å². The van der Waals surface area contributed by atoms with E-state index in [0.717, 1.165) is 24.8 Å². The number of anilines is 1. The zero-order valence-electron chi connectivity index (χ0n) is 11.8. The average molecular weight is 248 g/mol. The first-order valence-corrected chi connectivity index (χ1v) is 6.61. The van der Waals surface area contributed by atoms with E-state index in [2.05, 4.69) is 47.2 Å². The Labute approximate surface area is 110 Å². The summed E-state index contributed by atoms with van der Waals surface area (Å²) in [6.07, 6.45) is 1.97. The summed E-state index contributed by atoms with van der Waals surface area (Å²) >= 11 is 0. The number of nitrogens with zero attached hydrogens (tertiary/aromatic N) is 3. The minimum atomic E-state index is 0.676. The molecule has 100 valence electrons. The van der Waals surface area contributed by atoms with E-state index < -0.39 is 0 Å². The molecule has 2 unspecified atom stereocenters. The highest BCUT2D eigenvalue weighted by Crippen LogP contribution is 2.21. The van der Waals surface area contributed by atoms with Gasteiger partial charge in [0.05, 0.1) is 0 Å². The molecule has 0 spiro atoms. The van der Waals surface area contributed by atoms with E-state index in [9.17, 15) is 0 Å². The van der Waals surface area contributed by atoms with Crippen molar-refractivity contribution in [2.24, 2.45) is 5.92 Å². The summed E-state index contributed by atoms with van der Waals surface area (Å²) in [5.74, 6) is 1.67. The maximum absolute atomic E-state index is 4.36. The molecule has 0 aromatic carbocycles. The third-order valence-corrected chi connectivity index (χ3v) is 3.80. The van der Waals surface area contributed by atoms with Gasteiger partial charge in [-0.25, -0.2) is 4.98 Å². The molecular weight excluding hydrogens is 224 g/mol. The summed E-state index contributed by atoms with van der Waals surface area (Å²) in [7, 11) is 6.24. The third kappa shape index (κ3) is 3.00. The van der Waals surface area contributed by atoms with Crippen LogP contribution in [0.2, 0.25) is 0 Å². The lowest BCUT2D eigenvalue weighted by Gasteiger charge is -2.22. The van der Waals surface area contributed by atoms with E-state index in [0.29, 0.717) is 6.04 Å². The number of likely N-dealkylation sites (tertiary alicyclic amines) is 1. The predicted molar refractivity (Wildman–Crippen MR) is 75.7 cm³/mol. The molecule has 1 aromatic heterocycles. The Morgan fingerprint density at radius 3 is 2.67 bits per heavy atom. The van der Waals surface area contributed by atoms with Gasteiger partial charge in [-0.05, 0) is 31.6 Å². The highest BCUT2D eigenvalue weighted by atomic mass is 15.2. The van der Waals surface area contributed by atoms with E-state index in [1.54, 1.807) is 0 Å². The molecule has 2 atom stereocenters. The van der Waals surface area contributed by atoms with Crippen molar-refractivity contribution in [2.75, 3.05) is 39.5 Å². The normalized spacial score (nSPS) is 24.7. The third-order valence-electron chi connectivity index (χ3n) is 3.80. The number of hydrogen-bond donors (Lipinski definition) is 1. The number of likely N-dealkylation sites (N-methyl/N-ethyl adjacent to an activating group) is 1. The van der Waals surface area contributed by atoms with Gasteiger partial charge < -0.3 is 10.2 Å². The van der Waals surface area contributed by atoms with Crippen molar-refractivity contribution in [3.05, 3.63) is 23.9 Å². The summed E-state index contributed by atoms with van der Waals surface area (Å²) < 4.78 is 0. The van der Waals surface area contributed by atoms with E-state index in [-0.39, 0.29) is 0 Å². The first kappa shape index (κ1) is 13.3. The minimum Gasteiger partial charge on any atom is -0.373 e. The Morgan fingerprint density at radius 2 is 2.17 bits per heavy atom. The van der Waals surface area contributed by atoms with Crippen LogP contribution in [0, 0.1) is 5.92 Å². The number of aromatic nitrogens is 1. The van der Waals surface area contributed by atoms with Crippen molar-refractivity contribution in [1.29, 1.82) is 0 Å². The van der Waals surface area contributed by atoms with Crippen molar-refractivity contribution in [3.8, 4) is 0 Å². The molecule has 0 aliphatic carbocycles. The molecule has 1 aliphatic rings. The molecule has 0 radical (unpaired) electrons. The zero-order valence-corrected chi connectivity index (χ0v) is 11.8. The first-order valence-electron chi connectivity index (χ1n) is 6.61. The van der Waals surface area contributed by atoms with Gasteiger partial charge in [-0.3, -0.25) is 4.90 Å². The standard InChI is InChI=1S/C14H24N4/c1-11-8-18(10-13(11)17(3)4)9-12-5-6-14(15-2)16-7-12/h5-7,11,13H,8-10H2,1-4H3,(H,15,16). The van der Waals surface area contributed by atoms with E-state index >= 15 is 0 Å². The Morgan fingerprint density at radius 1 is 1.39 bits per heavy atom. The fourth-order valence-corrected chi connectivity index (χ4v) is 2.77. The van der Waals surface area contributed by atoms with Gasteiger partial charge in [-0.1, -0.05) is 13.0 Å². The molecule has 18 heavy (non-hydrogen) atoms. The second kappa shape index (κ2) is 5.67. The molecular formula is C14H24N4. The topological polar surface area (TPSA) is 31.4 Å². The molecule has 1 aliphatic heterocycles. The van der Waals surface area contributed by atoms with Crippen LogP contribution in [0.1, 0.15) is 12.5 Å². The average Bonchev–Trinajstić information content (AvgIpc) is 2.71. The van der Waals surface area contributed by atoms with Gasteiger partial charge in [0.15, 0.2) is 0 Å². The largest absolute Gasteiger partial charge is 0.373 e. The molecule has 2 heterocycles. The summed E-state index contributed by atoms with van der Waals surface area (Å²) in [5, 5.41) is 3.05. The van der Waals surface area contributed by atoms with Crippen molar-refractivity contribution < 1.29 is 0 Å². The number of hydrogen-bond acceptors (Lipinski definition) is 4. The smallest absolute Gasteiger partial charge is 0.125 e. The number of rotatable bonds is 4. The lowest BCUT2D eigenvalue weighted by molar-refractivity contribution is 0.250. The fourth-order valence-electron chi connectivity index (χ4n) is 2.77. The van der Waals surface area contributed by atoms with Gasteiger partial charge in [0.2, 0.25) is 0 Å². The van der Waals surface area contributed by atoms with E-state index in [4.69, 9.17) is 0 Å². The van der Waals surface area contributed by atoms with Crippen molar-refractivity contribution >= 4 is 5.82 Å². The molecule has 2 rings (SSSR count). The van der Waals surface area contributed by atoms with Gasteiger partial charge in [-0.2, -0.15) is 0 Å². The van der Waals surface area contributed by atoms with Gasteiger partial charge in [-0.15, -0.1) is 0 Å². The number of pyridine rings is 1. The highest BCUT2D eigenvalue weighted by Gasteiger charge is 2.30. The van der Waals surface area contributed by atoms with Crippen molar-refractivity contribution in [2.45, 2.75) is 19.5 Å². The summed E-state index contributed by atoms with van der Waals surface area (Å²) in [6.45, 7) is 5.68. The molecule has 1 fully saturated rings. The Hall–Kier alpha value is -1.13. The maximum atomic E-state index is 4.36. The zero-order chi connectivity index (χ0) is 13.1. The fraction of sp³-hybridized carbons (Fsp3) is 0.643. The Balaban J connectivity index is 1.94. The molecule has 0 bridgehead atoms. The van der Waals surface area contributed by atoms with Gasteiger partial charge in [0, 0.05) is 38.9 Å². The summed E-state index contributed by atoms with van der Waals surface area (Å²) in [5.41, 5.74) is 1.29. The molecule has 4 heteroatoms. The molecule has 1 N–H and O–H groups in total. The van der Waals surface area contributed by atoms with Crippen LogP contribution >= 0.6 is 0 Å². The minimum absolute atomic E-state index is 0.676. The van der Waals surface area contributed by atoms with Gasteiger partial charge in [0.1, 0.15) is 5.82 Å². The van der Waals surface area contributed by atoms with Crippen LogP contribution in [0.5, 0.6) is 0 Å². The van der Waals surface area contributed by atoms with Gasteiger partial charge in [0.25, 0.3) is 0 Å². The molecule has 4 nitrogen and oxygen atoms in total. The van der Waals surface area contributed by atoms with Crippen LogP contribution in [0.15, 0.2) is 18.3 Å². The second-order valence-electron chi connectivity index (χ2n) is 5.50. The van der Waals surface area contributed by atoms with Gasteiger partial charge >= 0.3 is 0 Å². The monoisotopic (exact) mass is 248 g/mol. The van der Waals surface area contributed by atoms with Crippen LogP contribution in [0.25, 0.3) is 0 Å². The molecule has 0 saturated carbocycles. The molecule has 1 saturated heterocycles. The van der Waals surface area contributed by atoms with Crippen LogP contribution in [-0.4, -0.2) is 55.1 Å². The van der Waals surface area contributed by atoms with Crippen molar-refractivity contribution in [1.82, 2.24) is 14.8 Å². The summed E-state index contributed by atoms with van der Waals surface area (Å²) in [4.78, 5) is 9.22. The lowest BCUT2D eigenvalue weighted by atomic mass is 10.1. The predicted octanol–water partition coefficient (Wildman–Crippen LogP) is 1.51. The summed E-state index contributed by atoms with van der Waals surface area (Å²) in [6, 6.07) is 4.87. The van der Waals surface area contributed by atoms with Crippen LogP contribution in [0.4, 0.5) is 5.82 Å². The quantitative estimate of drug-likeness (QED) is 0.875. The van der Waals surface area contributed by atoms with E-state index in [1.807, 2.05) is 19.3 Å². The highest BCUT2D eigenvalue weighted by molar-refractivity contribution is 5.34. The van der Waals surface area contributed by atoms with Crippen molar-refractivity contribution in [3.63, 3.8) is 0 Å². The van der Waals surface area contributed by atoms with E-state index in [1.165, 1.54) is 12.1 Å². The maximum Gasteiger partial charge on any atom is 0.125 e. The Bertz CT molecular complexity index is 374. The molecule has 1 aromatic rings. The van der Waals surface area contributed by atoms with Crippen LogP contribution in [-0.2, 0) is 6.54 Å². The first-order chi connectivity index (χ1) is 8.60. The number of nitrogens with one attached hydrogen (secondary N) is 1. The second-order valence-corrected chi connectivity index (χ2v) is 5.50.